The largest absolute Gasteiger partial charge is 0.497 e. The van der Waals surface area contributed by atoms with Gasteiger partial charge in [0.1, 0.15) is 5.75 Å². The van der Waals surface area contributed by atoms with Gasteiger partial charge in [0.05, 0.1) is 12.6 Å². The fraction of sp³-hybridized carbons (Fsp3) is 0.222. The lowest BCUT2D eigenvalue weighted by molar-refractivity contribution is 0.402. The minimum absolute atomic E-state index is 0.794. The van der Waals surface area contributed by atoms with Crippen LogP contribution < -0.4 is 9.64 Å². The molecule has 0 N–H and O–H groups in total. The number of methoxy groups -OCH3 is 1. The van der Waals surface area contributed by atoms with Gasteiger partial charge >= 0.3 is 0 Å². The summed E-state index contributed by atoms with van der Waals surface area (Å²) in [4.78, 5) is 9.20. The van der Waals surface area contributed by atoms with Crippen LogP contribution in [0.1, 0.15) is 16.7 Å². The number of hydrogen-bond acceptors (Lipinski definition) is 4. The fourth-order valence-corrected chi connectivity index (χ4v) is 3.94. The van der Waals surface area contributed by atoms with Gasteiger partial charge in [-0.05, 0) is 61.1 Å². The van der Waals surface area contributed by atoms with Crippen molar-refractivity contribution >= 4 is 16.6 Å². The molecule has 0 atom stereocenters. The van der Waals surface area contributed by atoms with E-state index in [1.807, 2.05) is 18.3 Å². The number of aromatic nitrogens is 1. The summed E-state index contributed by atoms with van der Waals surface area (Å²) in [7, 11) is 5.93. The molecule has 3 aromatic carbocycles. The molecule has 1 aromatic heterocycles. The second-order valence-corrected chi connectivity index (χ2v) is 8.10. The quantitative estimate of drug-likeness (QED) is 0.382. The molecule has 0 fully saturated rings. The molecule has 0 radical (unpaired) electrons. The molecule has 31 heavy (non-hydrogen) atoms. The molecule has 4 aromatic rings. The van der Waals surface area contributed by atoms with Crippen molar-refractivity contribution < 1.29 is 4.74 Å². The number of para-hydroxylation sites is 1. The minimum atomic E-state index is 0.794. The van der Waals surface area contributed by atoms with Crippen LogP contribution >= 0.6 is 0 Å². The number of anilines is 1. The van der Waals surface area contributed by atoms with E-state index in [4.69, 9.17) is 4.74 Å². The number of fused-ring (bicyclic) bond motifs is 1. The van der Waals surface area contributed by atoms with Crippen LogP contribution in [-0.2, 0) is 19.6 Å². The zero-order valence-corrected chi connectivity index (χ0v) is 18.5. The zero-order chi connectivity index (χ0) is 21.6. The lowest BCUT2D eigenvalue weighted by atomic mass is 10.1. The Balaban J connectivity index is 1.71. The summed E-state index contributed by atoms with van der Waals surface area (Å²) in [5.74, 6) is 0.883. The molecule has 158 valence electrons. The van der Waals surface area contributed by atoms with Crippen molar-refractivity contribution in [3.05, 3.63) is 102 Å². The highest BCUT2D eigenvalue weighted by molar-refractivity contribution is 5.79. The van der Waals surface area contributed by atoms with Gasteiger partial charge in [-0.25, -0.2) is 0 Å². The van der Waals surface area contributed by atoms with Gasteiger partial charge in [-0.3, -0.25) is 4.98 Å². The van der Waals surface area contributed by atoms with E-state index in [-0.39, 0.29) is 0 Å². The Morgan fingerprint density at radius 2 is 1.58 bits per heavy atom. The first-order chi connectivity index (χ1) is 15.1. The number of hydrogen-bond donors (Lipinski definition) is 0. The summed E-state index contributed by atoms with van der Waals surface area (Å²) in [6.45, 7) is 2.49. The van der Waals surface area contributed by atoms with Gasteiger partial charge in [-0.15, -0.1) is 0 Å². The van der Waals surface area contributed by atoms with E-state index in [9.17, 15) is 0 Å². The molecule has 4 rings (SSSR count). The van der Waals surface area contributed by atoms with Gasteiger partial charge in [0.25, 0.3) is 0 Å². The molecule has 0 aliphatic rings. The first kappa shape index (κ1) is 20.9. The third kappa shape index (κ3) is 5.22. The summed E-state index contributed by atoms with van der Waals surface area (Å²) in [5.41, 5.74) is 6.06. The van der Waals surface area contributed by atoms with Crippen LogP contribution in [0.5, 0.6) is 5.75 Å². The Labute approximate surface area is 184 Å². The Hall–Kier alpha value is -3.37. The van der Waals surface area contributed by atoms with E-state index < -0.39 is 0 Å². The maximum absolute atomic E-state index is 5.45. The first-order valence-corrected chi connectivity index (χ1v) is 10.6. The van der Waals surface area contributed by atoms with Crippen LogP contribution in [-0.4, -0.2) is 31.1 Å². The highest BCUT2D eigenvalue weighted by Gasteiger charge is 2.14. The van der Waals surface area contributed by atoms with Gasteiger partial charge in [-0.1, -0.05) is 48.5 Å². The second-order valence-electron chi connectivity index (χ2n) is 8.10. The third-order valence-electron chi connectivity index (χ3n) is 5.37. The minimum Gasteiger partial charge on any atom is -0.497 e. The van der Waals surface area contributed by atoms with Gasteiger partial charge < -0.3 is 14.5 Å². The van der Waals surface area contributed by atoms with Crippen LogP contribution in [0.4, 0.5) is 5.69 Å². The molecule has 0 unspecified atom stereocenters. The molecule has 4 nitrogen and oxygen atoms in total. The molecule has 0 saturated carbocycles. The molecule has 1 heterocycles. The number of ether oxygens (including phenoxy) is 1. The molecular formula is C27H29N3O. The first-order valence-electron chi connectivity index (χ1n) is 10.6. The predicted molar refractivity (Wildman–Crippen MR) is 128 cm³/mol. The van der Waals surface area contributed by atoms with Crippen molar-refractivity contribution in [1.82, 2.24) is 9.88 Å². The number of nitrogens with zero attached hydrogens (tertiary/aromatic N) is 3. The van der Waals surface area contributed by atoms with Crippen LogP contribution in [0.3, 0.4) is 0 Å². The maximum Gasteiger partial charge on any atom is 0.119 e. The Morgan fingerprint density at radius 3 is 2.39 bits per heavy atom. The molecule has 0 spiro atoms. The van der Waals surface area contributed by atoms with Crippen molar-refractivity contribution in [2.24, 2.45) is 0 Å². The molecule has 0 aliphatic heterocycles. The van der Waals surface area contributed by atoms with E-state index >= 15 is 0 Å². The predicted octanol–water partition coefficient (Wildman–Crippen LogP) is 5.51. The van der Waals surface area contributed by atoms with Crippen molar-refractivity contribution in [3.8, 4) is 5.75 Å². The SMILES string of the molecule is COc1cccc(CN(Cc2ccc3cccnc3c2)c2ccccc2CN(C)C)c1. The van der Waals surface area contributed by atoms with Crippen LogP contribution in [0.2, 0.25) is 0 Å². The van der Waals surface area contributed by atoms with Crippen LogP contribution in [0.25, 0.3) is 10.9 Å². The summed E-state index contributed by atoms with van der Waals surface area (Å²) in [5, 5.41) is 1.17. The van der Waals surface area contributed by atoms with E-state index in [0.29, 0.717) is 0 Å². The van der Waals surface area contributed by atoms with Crippen LogP contribution in [0, 0.1) is 0 Å². The van der Waals surface area contributed by atoms with E-state index in [2.05, 4.69) is 95.6 Å². The number of pyridine rings is 1. The Morgan fingerprint density at radius 1 is 0.774 bits per heavy atom. The molecule has 0 saturated heterocycles. The van der Waals surface area contributed by atoms with Gasteiger partial charge in [0.2, 0.25) is 0 Å². The van der Waals surface area contributed by atoms with E-state index in [1.165, 1.54) is 27.8 Å². The molecule has 4 heteroatoms. The number of rotatable bonds is 8. The third-order valence-corrected chi connectivity index (χ3v) is 5.37. The smallest absolute Gasteiger partial charge is 0.119 e. The molecule has 0 bridgehead atoms. The summed E-state index contributed by atoms with van der Waals surface area (Å²) in [6.07, 6.45) is 1.85. The van der Waals surface area contributed by atoms with Gasteiger partial charge in [0, 0.05) is 36.9 Å². The number of benzene rings is 3. The summed E-state index contributed by atoms with van der Waals surface area (Å²) in [6, 6.07) is 27.6. The average molecular weight is 412 g/mol. The van der Waals surface area contributed by atoms with E-state index in [1.54, 1.807) is 7.11 Å². The lowest BCUT2D eigenvalue weighted by Crippen LogP contribution is -2.24. The molecule has 0 amide bonds. The molecular weight excluding hydrogens is 382 g/mol. The average Bonchev–Trinajstić information content (AvgIpc) is 2.79. The standard InChI is InChI=1S/C27H29N3O/c1-29(2)20-24-9-4-5-12-27(24)30(18-21-8-6-11-25(16-21)31-3)19-22-13-14-23-10-7-15-28-26(23)17-22/h4-17H,18-20H2,1-3H3. The highest BCUT2D eigenvalue weighted by atomic mass is 16.5. The van der Waals surface area contributed by atoms with Crippen molar-refractivity contribution in [1.29, 1.82) is 0 Å². The maximum atomic E-state index is 5.45. The topological polar surface area (TPSA) is 28.6 Å². The van der Waals surface area contributed by atoms with Crippen molar-refractivity contribution in [2.75, 3.05) is 26.1 Å². The normalized spacial score (nSPS) is 11.1. The Bertz CT molecular complexity index is 1160. The fourth-order valence-electron chi connectivity index (χ4n) is 3.94. The van der Waals surface area contributed by atoms with Gasteiger partial charge in [-0.2, -0.15) is 0 Å². The van der Waals surface area contributed by atoms with E-state index in [0.717, 1.165) is 30.9 Å². The zero-order valence-electron chi connectivity index (χ0n) is 18.5. The molecule has 0 aliphatic carbocycles. The lowest BCUT2D eigenvalue weighted by Gasteiger charge is -2.28. The van der Waals surface area contributed by atoms with Gasteiger partial charge in [0.15, 0.2) is 0 Å². The van der Waals surface area contributed by atoms with Crippen molar-refractivity contribution in [2.45, 2.75) is 19.6 Å². The summed E-state index contributed by atoms with van der Waals surface area (Å²) < 4.78 is 5.45. The second kappa shape index (κ2) is 9.63. The summed E-state index contributed by atoms with van der Waals surface area (Å²) >= 11 is 0. The Kier molecular flexibility index (Phi) is 6.48. The highest BCUT2D eigenvalue weighted by Crippen LogP contribution is 2.27. The monoisotopic (exact) mass is 411 g/mol. The van der Waals surface area contributed by atoms with Crippen LogP contribution in [0.15, 0.2) is 85.1 Å². The van der Waals surface area contributed by atoms with Crippen molar-refractivity contribution in [3.63, 3.8) is 0 Å².